The second-order valence-electron chi connectivity index (χ2n) is 13.5. The minimum atomic E-state index is -0.552. The zero-order chi connectivity index (χ0) is 31.3. The summed E-state index contributed by atoms with van der Waals surface area (Å²) in [5, 5.41) is 3.33. The fraction of sp³-hybridized carbons (Fsp3) is 0.714. The molecule has 0 spiro atoms. The van der Waals surface area contributed by atoms with Crippen molar-refractivity contribution in [2.24, 2.45) is 11.8 Å². The van der Waals surface area contributed by atoms with E-state index < -0.39 is 11.8 Å². The molecule has 45 heavy (non-hydrogen) atoms. The molecule has 2 aromatic rings. The van der Waals surface area contributed by atoms with Gasteiger partial charge in [0.2, 0.25) is 0 Å². The number of aromatic nitrogens is 2. The van der Waals surface area contributed by atoms with Crippen LogP contribution >= 0.6 is 0 Å². The highest BCUT2D eigenvalue weighted by Crippen LogP contribution is 2.44. The highest BCUT2D eigenvalue weighted by Gasteiger charge is 2.45. The van der Waals surface area contributed by atoms with E-state index >= 15 is 0 Å². The van der Waals surface area contributed by atoms with E-state index in [1.54, 1.807) is 13.8 Å². The number of nitrogens with zero attached hydrogens (tertiary/aromatic N) is 4. The first kappa shape index (κ1) is 32.0. The Morgan fingerprint density at radius 1 is 0.822 bits per heavy atom. The fourth-order valence-corrected chi connectivity index (χ4v) is 8.73. The van der Waals surface area contributed by atoms with Gasteiger partial charge in [0.25, 0.3) is 5.56 Å². The highest BCUT2D eigenvalue weighted by atomic mass is 16.5. The Hall–Kier alpha value is -2.98. The molecule has 1 aromatic carbocycles. The number of likely N-dealkylation sites (tertiary alicyclic amines) is 1. The summed E-state index contributed by atoms with van der Waals surface area (Å²) in [6.45, 7) is 5.94. The minimum Gasteiger partial charge on any atom is -0.466 e. The molecule has 0 radical (unpaired) electrons. The number of hydrogen-bond donors (Lipinski definition) is 1. The number of benzene rings is 1. The Balaban J connectivity index is 1.16. The molecule has 3 saturated heterocycles. The largest absolute Gasteiger partial charge is 0.466 e. The van der Waals surface area contributed by atoms with Crippen molar-refractivity contribution in [2.75, 3.05) is 44.7 Å². The van der Waals surface area contributed by atoms with Gasteiger partial charge >= 0.3 is 11.9 Å². The number of rotatable bonds is 10. The van der Waals surface area contributed by atoms with Crippen LogP contribution in [0, 0.1) is 11.8 Å². The number of fused-ring (bicyclic) bond motifs is 3. The van der Waals surface area contributed by atoms with Gasteiger partial charge in [-0.3, -0.25) is 24.2 Å². The molecule has 6 rings (SSSR count). The standard InChI is InChI=1S/C35H51N5O5/c1-3-44-34(42)28-22-38(23-29(28)35(43)45-4-2)19-18-36-32-33(41)40(31-15-11-10-14-30(31)37-32)27-20-25-16-17-26(21-27)39(25)24-12-8-6-5-7-9-13-24/h10-11,14-15,24-29H,3-9,12-13,16-23H2,1-2H3,(H,36,37)/t25-,26+,27+,28-,29+. The Bertz CT molecular complexity index is 1350. The molecule has 1 aromatic heterocycles. The van der Waals surface area contributed by atoms with Crippen molar-refractivity contribution in [2.45, 2.75) is 109 Å². The number of para-hydroxylation sites is 2. The van der Waals surface area contributed by atoms with E-state index in [-0.39, 0.29) is 36.8 Å². The summed E-state index contributed by atoms with van der Waals surface area (Å²) in [6, 6.07) is 9.94. The van der Waals surface area contributed by atoms with Crippen LogP contribution in [-0.4, -0.2) is 88.8 Å². The van der Waals surface area contributed by atoms with Crippen molar-refractivity contribution in [1.29, 1.82) is 0 Å². The Morgan fingerprint density at radius 2 is 1.42 bits per heavy atom. The molecule has 0 amide bonds. The average Bonchev–Trinajstić information content (AvgIpc) is 3.55. The predicted octanol–water partition coefficient (Wildman–Crippen LogP) is 4.76. The van der Waals surface area contributed by atoms with Gasteiger partial charge in [0.15, 0.2) is 5.82 Å². The van der Waals surface area contributed by atoms with Crippen LogP contribution in [0.2, 0.25) is 0 Å². The highest BCUT2D eigenvalue weighted by molar-refractivity contribution is 5.83. The van der Waals surface area contributed by atoms with Gasteiger partial charge in [0.05, 0.1) is 36.1 Å². The van der Waals surface area contributed by atoms with Gasteiger partial charge in [0.1, 0.15) is 0 Å². The van der Waals surface area contributed by atoms with E-state index in [9.17, 15) is 14.4 Å². The van der Waals surface area contributed by atoms with Crippen molar-refractivity contribution in [3.05, 3.63) is 34.6 Å². The van der Waals surface area contributed by atoms with Gasteiger partial charge < -0.3 is 19.4 Å². The molecule has 246 valence electrons. The molecule has 10 nitrogen and oxygen atoms in total. The van der Waals surface area contributed by atoms with Crippen molar-refractivity contribution in [3.63, 3.8) is 0 Å². The van der Waals surface area contributed by atoms with E-state index in [0.717, 1.165) is 23.9 Å². The SMILES string of the molecule is CCOC(=O)[C@H]1CN(CCNc2nc3ccccc3n([C@H]3C[C@H]4CC[C@@H](C3)N4C3CCCCCCC3)c2=O)C[C@H]1C(=O)OCC. The summed E-state index contributed by atoms with van der Waals surface area (Å²) in [7, 11) is 0. The number of esters is 2. The van der Waals surface area contributed by atoms with E-state index in [0.29, 0.717) is 50.1 Å². The number of hydrogen-bond acceptors (Lipinski definition) is 9. The van der Waals surface area contributed by atoms with Crippen LogP contribution in [0.3, 0.4) is 0 Å². The molecular formula is C35H51N5O5. The van der Waals surface area contributed by atoms with Crippen LogP contribution in [0.1, 0.15) is 90.5 Å². The molecule has 1 saturated carbocycles. The van der Waals surface area contributed by atoms with Crippen molar-refractivity contribution in [1.82, 2.24) is 19.4 Å². The summed E-state index contributed by atoms with van der Waals surface area (Å²) in [5.41, 5.74) is 1.67. The maximum absolute atomic E-state index is 14.1. The Kier molecular flexibility index (Phi) is 10.4. The van der Waals surface area contributed by atoms with Gasteiger partial charge in [-0.2, -0.15) is 0 Å². The summed E-state index contributed by atoms with van der Waals surface area (Å²) in [5.74, 6) is -1.46. The maximum Gasteiger partial charge on any atom is 0.311 e. The first-order valence-electron chi connectivity index (χ1n) is 17.6. The summed E-state index contributed by atoms with van der Waals surface area (Å²) in [6.07, 6.45) is 13.9. The molecule has 3 aliphatic heterocycles. The number of ether oxygens (including phenoxy) is 2. The monoisotopic (exact) mass is 621 g/mol. The van der Waals surface area contributed by atoms with Gasteiger partial charge in [-0.15, -0.1) is 0 Å². The van der Waals surface area contributed by atoms with Crippen molar-refractivity contribution in [3.8, 4) is 0 Å². The summed E-state index contributed by atoms with van der Waals surface area (Å²) < 4.78 is 12.6. The van der Waals surface area contributed by atoms with Crippen LogP contribution in [0.5, 0.6) is 0 Å². The molecular weight excluding hydrogens is 570 g/mol. The zero-order valence-electron chi connectivity index (χ0n) is 27.1. The normalized spacial score (nSPS) is 28.1. The predicted molar refractivity (Wildman–Crippen MR) is 174 cm³/mol. The average molecular weight is 622 g/mol. The fourth-order valence-electron chi connectivity index (χ4n) is 8.73. The Labute approximate surface area is 266 Å². The molecule has 1 aliphatic carbocycles. The molecule has 4 heterocycles. The van der Waals surface area contributed by atoms with Crippen LogP contribution in [0.15, 0.2) is 29.1 Å². The lowest BCUT2D eigenvalue weighted by Gasteiger charge is -2.45. The second kappa shape index (κ2) is 14.6. The lowest BCUT2D eigenvalue weighted by molar-refractivity contribution is -0.157. The van der Waals surface area contributed by atoms with Crippen LogP contribution in [0.4, 0.5) is 5.82 Å². The first-order chi connectivity index (χ1) is 22.0. The van der Waals surface area contributed by atoms with Crippen LogP contribution in [-0.2, 0) is 19.1 Å². The smallest absolute Gasteiger partial charge is 0.311 e. The third kappa shape index (κ3) is 6.92. The van der Waals surface area contributed by atoms with E-state index in [2.05, 4.69) is 15.1 Å². The lowest BCUT2D eigenvalue weighted by atomic mass is 9.89. The molecule has 4 aliphatic rings. The summed E-state index contributed by atoms with van der Waals surface area (Å²) >= 11 is 0. The first-order valence-corrected chi connectivity index (χ1v) is 17.6. The molecule has 2 bridgehead atoms. The topological polar surface area (TPSA) is 106 Å². The number of anilines is 1. The van der Waals surface area contributed by atoms with Crippen LogP contribution < -0.4 is 10.9 Å². The van der Waals surface area contributed by atoms with Crippen LogP contribution in [0.25, 0.3) is 11.0 Å². The van der Waals surface area contributed by atoms with Crippen molar-refractivity contribution >= 4 is 28.8 Å². The van der Waals surface area contributed by atoms with Gasteiger partial charge in [-0.25, -0.2) is 4.98 Å². The quantitative estimate of drug-likeness (QED) is 0.376. The molecule has 4 fully saturated rings. The third-order valence-corrected chi connectivity index (χ3v) is 10.7. The number of carbonyl (C=O) groups excluding carboxylic acids is 2. The van der Waals surface area contributed by atoms with Gasteiger partial charge in [-0.05, 0) is 64.5 Å². The number of carbonyl (C=O) groups is 2. The minimum absolute atomic E-state index is 0.0623. The van der Waals surface area contributed by atoms with Gasteiger partial charge in [-0.1, -0.05) is 44.2 Å². The lowest BCUT2D eigenvalue weighted by Crippen LogP contribution is -2.50. The Morgan fingerprint density at radius 3 is 2.04 bits per heavy atom. The molecule has 5 atom stereocenters. The number of nitrogens with one attached hydrogen (secondary N) is 1. The molecule has 1 N–H and O–H groups in total. The maximum atomic E-state index is 14.1. The van der Waals surface area contributed by atoms with E-state index in [1.807, 2.05) is 28.8 Å². The molecule has 10 heteroatoms. The van der Waals surface area contributed by atoms with Gasteiger partial charge in [0, 0.05) is 50.3 Å². The zero-order valence-corrected chi connectivity index (χ0v) is 27.1. The number of piperidine rings is 1. The van der Waals surface area contributed by atoms with E-state index in [1.165, 1.54) is 57.8 Å². The summed E-state index contributed by atoms with van der Waals surface area (Å²) in [4.78, 5) is 49.1. The van der Waals surface area contributed by atoms with Crippen molar-refractivity contribution < 1.29 is 19.1 Å². The van der Waals surface area contributed by atoms with E-state index in [4.69, 9.17) is 14.5 Å². The second-order valence-corrected chi connectivity index (χ2v) is 13.5. The third-order valence-electron chi connectivity index (χ3n) is 10.7. The molecule has 0 unspecified atom stereocenters.